The molecule has 0 aliphatic carbocycles. The van der Waals surface area contributed by atoms with E-state index in [4.69, 9.17) is 4.74 Å². The minimum absolute atomic E-state index is 0.0508. The molecule has 1 atom stereocenters. The van der Waals surface area contributed by atoms with E-state index in [9.17, 15) is 9.59 Å². The molecule has 6 heteroatoms. The molecule has 1 saturated heterocycles. The molecule has 1 heterocycles. The molecule has 2 rings (SSSR count). The molecule has 0 aromatic heterocycles. The number of hydrogen-bond acceptors (Lipinski definition) is 4. The first-order chi connectivity index (χ1) is 10.6. The van der Waals surface area contributed by atoms with E-state index in [2.05, 4.69) is 16.0 Å². The van der Waals surface area contributed by atoms with E-state index in [1.165, 1.54) is 0 Å². The second kappa shape index (κ2) is 7.38. The van der Waals surface area contributed by atoms with Gasteiger partial charge in [0.05, 0.1) is 12.0 Å². The first-order valence-corrected chi connectivity index (χ1v) is 7.50. The van der Waals surface area contributed by atoms with Crippen molar-refractivity contribution < 1.29 is 14.3 Å². The molecule has 3 N–H and O–H groups in total. The monoisotopic (exact) mass is 305 g/mol. The molecule has 120 valence electrons. The normalized spacial score (nSPS) is 20.6. The van der Waals surface area contributed by atoms with Gasteiger partial charge in [-0.3, -0.25) is 9.59 Å². The topological polar surface area (TPSA) is 79.5 Å². The van der Waals surface area contributed by atoms with Crippen LogP contribution in [-0.4, -0.2) is 45.2 Å². The third kappa shape index (κ3) is 3.64. The van der Waals surface area contributed by atoms with E-state index >= 15 is 0 Å². The van der Waals surface area contributed by atoms with Gasteiger partial charge in [0.2, 0.25) is 5.91 Å². The first-order valence-electron chi connectivity index (χ1n) is 7.50. The third-order valence-electron chi connectivity index (χ3n) is 3.89. The summed E-state index contributed by atoms with van der Waals surface area (Å²) in [6, 6.07) is 6.89. The number of rotatable bonds is 6. The fraction of sp³-hybridized carbons (Fsp3) is 0.500. The van der Waals surface area contributed by atoms with Crippen LogP contribution >= 0.6 is 0 Å². The van der Waals surface area contributed by atoms with Crippen molar-refractivity contribution in [3.8, 4) is 0 Å². The summed E-state index contributed by atoms with van der Waals surface area (Å²) in [5.41, 5.74) is 0.738. The van der Waals surface area contributed by atoms with Crippen molar-refractivity contribution >= 4 is 17.5 Å². The zero-order valence-electron chi connectivity index (χ0n) is 13.1. The van der Waals surface area contributed by atoms with Gasteiger partial charge in [0.1, 0.15) is 0 Å². The Morgan fingerprint density at radius 1 is 1.32 bits per heavy atom. The predicted molar refractivity (Wildman–Crippen MR) is 84.9 cm³/mol. The van der Waals surface area contributed by atoms with Crippen molar-refractivity contribution in [3.63, 3.8) is 0 Å². The van der Waals surface area contributed by atoms with Gasteiger partial charge >= 0.3 is 0 Å². The number of benzene rings is 1. The van der Waals surface area contributed by atoms with E-state index in [-0.39, 0.29) is 11.8 Å². The predicted octanol–water partition coefficient (Wildman–Crippen LogP) is 1.00. The van der Waals surface area contributed by atoms with Crippen LogP contribution in [0.1, 0.15) is 23.7 Å². The maximum Gasteiger partial charge on any atom is 0.251 e. The van der Waals surface area contributed by atoms with Gasteiger partial charge in [-0.1, -0.05) is 0 Å². The lowest BCUT2D eigenvalue weighted by molar-refractivity contribution is -0.127. The van der Waals surface area contributed by atoms with Crippen LogP contribution in [-0.2, 0) is 9.53 Å². The molecule has 1 aromatic carbocycles. The molecule has 6 nitrogen and oxygen atoms in total. The van der Waals surface area contributed by atoms with Gasteiger partial charge in [-0.25, -0.2) is 0 Å². The third-order valence-corrected chi connectivity index (χ3v) is 3.89. The molecule has 22 heavy (non-hydrogen) atoms. The van der Waals surface area contributed by atoms with E-state index < -0.39 is 5.41 Å². The summed E-state index contributed by atoms with van der Waals surface area (Å²) in [7, 11) is 1.61. The van der Waals surface area contributed by atoms with Crippen molar-refractivity contribution in [2.75, 3.05) is 38.7 Å². The Kier molecular flexibility index (Phi) is 5.51. The van der Waals surface area contributed by atoms with Crippen LogP contribution in [0.25, 0.3) is 0 Å². The van der Waals surface area contributed by atoms with Gasteiger partial charge in [-0.2, -0.15) is 0 Å². The quantitative estimate of drug-likeness (QED) is 0.732. The molecular formula is C16H23N3O3. The SMILES string of the molecule is CCNC(=O)c1ccc(NC(=O)C2(COC)CCNC2)cc1. The van der Waals surface area contributed by atoms with Crippen LogP contribution in [0.15, 0.2) is 24.3 Å². The lowest BCUT2D eigenvalue weighted by Crippen LogP contribution is -2.41. The van der Waals surface area contributed by atoms with Crippen molar-refractivity contribution in [2.24, 2.45) is 5.41 Å². The lowest BCUT2D eigenvalue weighted by atomic mass is 9.87. The number of carbonyl (C=O) groups excluding carboxylic acids is 2. The second-order valence-corrected chi connectivity index (χ2v) is 5.53. The zero-order valence-corrected chi connectivity index (χ0v) is 13.1. The van der Waals surface area contributed by atoms with Crippen molar-refractivity contribution in [1.82, 2.24) is 10.6 Å². The van der Waals surface area contributed by atoms with Gasteiger partial charge in [0.25, 0.3) is 5.91 Å². The summed E-state index contributed by atoms with van der Waals surface area (Å²) >= 11 is 0. The van der Waals surface area contributed by atoms with Gasteiger partial charge in [-0.05, 0) is 44.2 Å². The molecular weight excluding hydrogens is 282 g/mol. The van der Waals surface area contributed by atoms with Gasteiger partial charge in [-0.15, -0.1) is 0 Å². The Hall–Kier alpha value is -1.92. The highest BCUT2D eigenvalue weighted by molar-refractivity contribution is 5.97. The highest BCUT2D eigenvalue weighted by Gasteiger charge is 2.41. The fourth-order valence-corrected chi connectivity index (χ4v) is 2.63. The zero-order chi connectivity index (χ0) is 16.0. The summed E-state index contributed by atoms with van der Waals surface area (Å²) in [5.74, 6) is -0.165. The van der Waals surface area contributed by atoms with E-state index in [1.807, 2.05) is 6.92 Å². The molecule has 1 fully saturated rings. The Labute approximate surface area is 130 Å². The number of amides is 2. The van der Waals surface area contributed by atoms with Crippen molar-refractivity contribution in [1.29, 1.82) is 0 Å². The van der Waals surface area contributed by atoms with Gasteiger partial charge in [0.15, 0.2) is 0 Å². The minimum atomic E-state index is -0.521. The number of nitrogens with one attached hydrogen (secondary N) is 3. The smallest absolute Gasteiger partial charge is 0.251 e. The van der Waals surface area contributed by atoms with Crippen molar-refractivity contribution in [3.05, 3.63) is 29.8 Å². The number of hydrogen-bond donors (Lipinski definition) is 3. The highest BCUT2D eigenvalue weighted by Crippen LogP contribution is 2.27. The summed E-state index contributed by atoms with van der Waals surface area (Å²) in [6.07, 6.45) is 0.754. The van der Waals surface area contributed by atoms with Crippen LogP contribution in [0.2, 0.25) is 0 Å². The molecule has 0 bridgehead atoms. The molecule has 0 radical (unpaired) electrons. The molecule has 0 saturated carbocycles. The lowest BCUT2D eigenvalue weighted by Gasteiger charge is -2.25. The Balaban J connectivity index is 2.03. The average molecular weight is 305 g/mol. The molecule has 1 unspecified atom stereocenters. The standard InChI is InChI=1S/C16H23N3O3/c1-3-18-14(20)12-4-6-13(7-5-12)19-15(21)16(11-22-2)8-9-17-10-16/h4-7,17H,3,8-11H2,1-2H3,(H,18,20)(H,19,21). The summed E-state index contributed by atoms with van der Waals surface area (Å²) < 4.78 is 5.21. The van der Waals surface area contributed by atoms with Gasteiger partial charge < -0.3 is 20.7 Å². The summed E-state index contributed by atoms with van der Waals surface area (Å²) in [5, 5.41) is 8.86. The van der Waals surface area contributed by atoms with Crippen LogP contribution < -0.4 is 16.0 Å². The van der Waals surface area contributed by atoms with Crippen LogP contribution in [0.4, 0.5) is 5.69 Å². The largest absolute Gasteiger partial charge is 0.384 e. The number of anilines is 1. The first kappa shape index (κ1) is 16.5. The summed E-state index contributed by atoms with van der Waals surface area (Å²) in [6.45, 7) is 4.28. The van der Waals surface area contributed by atoms with Crippen LogP contribution in [0, 0.1) is 5.41 Å². The minimum Gasteiger partial charge on any atom is -0.384 e. The number of carbonyl (C=O) groups is 2. The molecule has 0 spiro atoms. The number of ether oxygens (including phenoxy) is 1. The molecule has 2 amide bonds. The Morgan fingerprint density at radius 3 is 2.59 bits per heavy atom. The number of methoxy groups -OCH3 is 1. The molecule has 1 aliphatic rings. The second-order valence-electron chi connectivity index (χ2n) is 5.53. The molecule has 1 aromatic rings. The average Bonchev–Trinajstić information content (AvgIpc) is 2.98. The fourth-order valence-electron chi connectivity index (χ4n) is 2.63. The van der Waals surface area contributed by atoms with Crippen molar-refractivity contribution in [2.45, 2.75) is 13.3 Å². The maximum absolute atomic E-state index is 12.5. The van der Waals surface area contributed by atoms with Crippen LogP contribution in [0.3, 0.4) is 0 Å². The summed E-state index contributed by atoms with van der Waals surface area (Å²) in [4.78, 5) is 24.2. The Morgan fingerprint density at radius 2 is 2.05 bits per heavy atom. The van der Waals surface area contributed by atoms with E-state index in [0.717, 1.165) is 13.0 Å². The van der Waals surface area contributed by atoms with Crippen LogP contribution in [0.5, 0.6) is 0 Å². The van der Waals surface area contributed by atoms with E-state index in [0.29, 0.717) is 30.9 Å². The molecule has 1 aliphatic heterocycles. The van der Waals surface area contributed by atoms with Gasteiger partial charge in [0, 0.05) is 31.5 Å². The highest BCUT2D eigenvalue weighted by atomic mass is 16.5. The maximum atomic E-state index is 12.5. The van der Waals surface area contributed by atoms with E-state index in [1.54, 1.807) is 31.4 Å². The Bertz CT molecular complexity index is 522.